The Morgan fingerprint density at radius 2 is 1.95 bits per heavy atom. The van der Waals surface area contributed by atoms with Crippen LogP contribution in [-0.2, 0) is 0 Å². The molecule has 21 heavy (non-hydrogen) atoms. The number of nitrogens with one attached hydrogen (secondary N) is 1. The second-order valence-corrected chi connectivity index (χ2v) is 5.68. The van der Waals surface area contributed by atoms with Gasteiger partial charge in [-0.3, -0.25) is 0 Å². The predicted molar refractivity (Wildman–Crippen MR) is 83.1 cm³/mol. The summed E-state index contributed by atoms with van der Waals surface area (Å²) >= 11 is 3.30. The van der Waals surface area contributed by atoms with E-state index in [9.17, 15) is 4.39 Å². The Bertz CT molecular complexity index is 659. The highest BCUT2D eigenvalue weighted by atomic mass is 79.9. The van der Waals surface area contributed by atoms with Gasteiger partial charge < -0.3 is 16.0 Å². The van der Waals surface area contributed by atoms with Crippen molar-refractivity contribution in [3.05, 3.63) is 28.5 Å². The molecule has 0 radical (unpaired) electrons. The van der Waals surface area contributed by atoms with Gasteiger partial charge in [-0.2, -0.15) is 15.0 Å². The maximum atomic E-state index is 13.8. The first-order valence-electron chi connectivity index (χ1n) is 6.60. The number of anilines is 4. The van der Waals surface area contributed by atoms with Crippen molar-refractivity contribution in [3.63, 3.8) is 0 Å². The summed E-state index contributed by atoms with van der Waals surface area (Å²) in [6, 6.07) is 4.60. The van der Waals surface area contributed by atoms with Gasteiger partial charge in [-0.25, -0.2) is 4.39 Å². The van der Waals surface area contributed by atoms with Crippen LogP contribution in [0.3, 0.4) is 0 Å². The van der Waals surface area contributed by atoms with Crippen LogP contribution in [0.4, 0.5) is 27.9 Å². The van der Waals surface area contributed by atoms with Gasteiger partial charge in [-0.1, -0.05) is 15.9 Å². The minimum absolute atomic E-state index is 0.116. The number of nitrogens with zero attached hydrogens (tertiary/aromatic N) is 4. The van der Waals surface area contributed by atoms with E-state index < -0.39 is 0 Å². The lowest BCUT2D eigenvalue weighted by atomic mass is 10.3. The molecule has 0 aliphatic carbocycles. The highest BCUT2D eigenvalue weighted by Gasteiger charge is 2.17. The summed E-state index contributed by atoms with van der Waals surface area (Å²) in [6.07, 6.45) is 2.21. The molecule has 1 aromatic carbocycles. The molecule has 1 aliphatic rings. The molecule has 1 aromatic heterocycles. The van der Waals surface area contributed by atoms with Gasteiger partial charge in [0.2, 0.25) is 17.8 Å². The fraction of sp³-hybridized carbons (Fsp3) is 0.308. The van der Waals surface area contributed by atoms with Gasteiger partial charge in [-0.15, -0.1) is 0 Å². The van der Waals surface area contributed by atoms with Crippen molar-refractivity contribution >= 4 is 39.5 Å². The second kappa shape index (κ2) is 5.80. The number of rotatable bonds is 3. The molecular formula is C13H14BrFN6. The van der Waals surface area contributed by atoms with Crippen LogP contribution in [0, 0.1) is 5.82 Å². The Hall–Kier alpha value is -1.96. The van der Waals surface area contributed by atoms with Gasteiger partial charge in [0.1, 0.15) is 5.82 Å². The Morgan fingerprint density at radius 1 is 1.19 bits per heavy atom. The summed E-state index contributed by atoms with van der Waals surface area (Å²) in [4.78, 5) is 14.5. The molecule has 0 atom stereocenters. The van der Waals surface area contributed by atoms with E-state index in [0.29, 0.717) is 5.95 Å². The lowest BCUT2D eigenvalue weighted by Crippen LogP contribution is -2.22. The van der Waals surface area contributed by atoms with Gasteiger partial charge in [0.25, 0.3) is 0 Å². The Morgan fingerprint density at radius 3 is 2.71 bits per heavy atom. The number of halogens is 2. The third-order valence-electron chi connectivity index (χ3n) is 3.20. The van der Waals surface area contributed by atoms with Crippen LogP contribution in [0.1, 0.15) is 12.8 Å². The van der Waals surface area contributed by atoms with Crippen molar-refractivity contribution in [1.82, 2.24) is 15.0 Å². The van der Waals surface area contributed by atoms with Crippen LogP contribution >= 0.6 is 15.9 Å². The summed E-state index contributed by atoms with van der Waals surface area (Å²) < 4.78 is 14.5. The number of benzene rings is 1. The first kappa shape index (κ1) is 14.0. The predicted octanol–water partition coefficient (Wildman–Crippen LogP) is 2.70. The van der Waals surface area contributed by atoms with Gasteiger partial charge in [-0.05, 0) is 31.0 Å². The van der Waals surface area contributed by atoms with E-state index in [2.05, 4.69) is 36.2 Å². The highest BCUT2D eigenvalue weighted by molar-refractivity contribution is 9.10. The molecule has 0 bridgehead atoms. The minimum Gasteiger partial charge on any atom is -0.368 e. The smallest absolute Gasteiger partial charge is 0.233 e. The molecular weight excluding hydrogens is 339 g/mol. The number of nitrogens with two attached hydrogens (primary N) is 1. The average molecular weight is 353 g/mol. The summed E-state index contributed by atoms with van der Waals surface area (Å²) in [6.45, 7) is 1.79. The molecule has 2 heterocycles. The molecule has 8 heteroatoms. The normalized spacial score (nSPS) is 14.5. The number of nitrogen functional groups attached to an aromatic ring is 1. The summed E-state index contributed by atoms with van der Waals surface area (Å²) in [5.41, 5.74) is 6.00. The van der Waals surface area contributed by atoms with Gasteiger partial charge >= 0.3 is 0 Å². The molecule has 0 saturated carbocycles. The largest absolute Gasteiger partial charge is 0.368 e. The maximum absolute atomic E-state index is 13.8. The molecule has 1 aliphatic heterocycles. The monoisotopic (exact) mass is 352 g/mol. The van der Waals surface area contributed by atoms with E-state index in [0.717, 1.165) is 30.4 Å². The number of hydrogen-bond donors (Lipinski definition) is 2. The molecule has 2 aromatic rings. The van der Waals surface area contributed by atoms with E-state index in [1.807, 2.05) is 4.90 Å². The fourth-order valence-electron chi connectivity index (χ4n) is 2.21. The topological polar surface area (TPSA) is 80.0 Å². The van der Waals surface area contributed by atoms with E-state index in [-0.39, 0.29) is 23.4 Å². The van der Waals surface area contributed by atoms with Crippen molar-refractivity contribution in [2.24, 2.45) is 0 Å². The standard InChI is InChI=1S/C13H14BrFN6/c14-8-3-4-9(15)10(7-8)17-12-18-11(16)19-13(20-12)21-5-1-2-6-21/h3-4,7H,1-2,5-6H2,(H3,16,17,18,19,20). The lowest BCUT2D eigenvalue weighted by Gasteiger charge is -2.16. The fourth-order valence-corrected chi connectivity index (χ4v) is 2.57. The van der Waals surface area contributed by atoms with Crippen molar-refractivity contribution in [1.29, 1.82) is 0 Å². The molecule has 0 spiro atoms. The zero-order valence-corrected chi connectivity index (χ0v) is 12.8. The van der Waals surface area contributed by atoms with Gasteiger partial charge in [0, 0.05) is 17.6 Å². The van der Waals surface area contributed by atoms with Crippen molar-refractivity contribution < 1.29 is 4.39 Å². The summed E-state index contributed by atoms with van der Waals surface area (Å²) in [5.74, 6) is 0.490. The van der Waals surface area contributed by atoms with E-state index in [1.54, 1.807) is 12.1 Å². The van der Waals surface area contributed by atoms with Crippen molar-refractivity contribution in [2.75, 3.05) is 29.0 Å². The molecule has 1 saturated heterocycles. The summed E-state index contributed by atoms with van der Waals surface area (Å²) in [5, 5.41) is 2.84. The second-order valence-electron chi connectivity index (χ2n) is 4.76. The van der Waals surface area contributed by atoms with Gasteiger partial charge in [0.05, 0.1) is 5.69 Å². The maximum Gasteiger partial charge on any atom is 0.233 e. The van der Waals surface area contributed by atoms with Gasteiger partial charge in [0.15, 0.2) is 0 Å². The number of hydrogen-bond acceptors (Lipinski definition) is 6. The molecule has 3 rings (SSSR count). The highest BCUT2D eigenvalue weighted by Crippen LogP contribution is 2.24. The molecule has 0 unspecified atom stereocenters. The Labute approximate surface area is 129 Å². The van der Waals surface area contributed by atoms with Crippen molar-refractivity contribution in [2.45, 2.75) is 12.8 Å². The molecule has 0 amide bonds. The lowest BCUT2D eigenvalue weighted by molar-refractivity contribution is 0.631. The van der Waals surface area contributed by atoms with E-state index in [4.69, 9.17) is 5.73 Å². The van der Waals surface area contributed by atoms with Crippen LogP contribution in [0.2, 0.25) is 0 Å². The number of aromatic nitrogens is 3. The zero-order chi connectivity index (χ0) is 14.8. The average Bonchev–Trinajstić information content (AvgIpc) is 2.96. The summed E-state index contributed by atoms with van der Waals surface area (Å²) in [7, 11) is 0. The third kappa shape index (κ3) is 3.21. The zero-order valence-electron chi connectivity index (χ0n) is 11.2. The van der Waals surface area contributed by atoms with Crippen LogP contribution in [0.25, 0.3) is 0 Å². The molecule has 110 valence electrons. The van der Waals surface area contributed by atoms with Crippen LogP contribution < -0.4 is 16.0 Å². The van der Waals surface area contributed by atoms with Crippen LogP contribution in [-0.4, -0.2) is 28.0 Å². The first-order chi connectivity index (χ1) is 10.1. The molecule has 3 N–H and O–H groups in total. The SMILES string of the molecule is Nc1nc(Nc2cc(Br)ccc2F)nc(N2CCCC2)n1. The third-order valence-corrected chi connectivity index (χ3v) is 3.70. The Balaban J connectivity index is 1.89. The first-order valence-corrected chi connectivity index (χ1v) is 7.40. The van der Waals surface area contributed by atoms with E-state index in [1.165, 1.54) is 6.07 Å². The molecule has 6 nitrogen and oxygen atoms in total. The van der Waals surface area contributed by atoms with E-state index >= 15 is 0 Å². The molecule has 1 fully saturated rings. The Kier molecular flexibility index (Phi) is 3.87. The minimum atomic E-state index is -0.389. The van der Waals surface area contributed by atoms with Crippen LogP contribution in [0.15, 0.2) is 22.7 Å². The van der Waals surface area contributed by atoms with Crippen molar-refractivity contribution in [3.8, 4) is 0 Å². The van der Waals surface area contributed by atoms with Crippen LogP contribution in [0.5, 0.6) is 0 Å². The quantitative estimate of drug-likeness (QED) is 0.883.